The van der Waals surface area contributed by atoms with Crippen molar-refractivity contribution >= 4 is 5.97 Å². The zero-order valence-corrected chi connectivity index (χ0v) is 10.00. The number of carbonyl (C=O) groups is 1. The van der Waals surface area contributed by atoms with E-state index in [-0.39, 0.29) is 0 Å². The highest BCUT2D eigenvalue weighted by molar-refractivity contribution is 5.77. The molecule has 0 saturated carbocycles. The van der Waals surface area contributed by atoms with E-state index in [1.54, 1.807) is 6.07 Å². The average molecular weight is 232 g/mol. The van der Waals surface area contributed by atoms with Crippen LogP contribution in [-0.4, -0.2) is 11.1 Å². The third-order valence-electron chi connectivity index (χ3n) is 1.40. The number of carboxylic acid groups (broad SMARTS) is 1. The Morgan fingerprint density at radius 1 is 1.06 bits per heavy atom. The Kier molecular flexibility index (Phi) is 9.36. The van der Waals surface area contributed by atoms with E-state index in [0.717, 1.165) is 12.1 Å². The first-order valence-corrected chi connectivity index (χ1v) is 5.22. The maximum atomic E-state index is 12.7. The summed E-state index contributed by atoms with van der Waals surface area (Å²) in [7, 11) is 0. The maximum absolute atomic E-state index is 12.7. The number of rotatable bonds is 2. The van der Waals surface area contributed by atoms with Crippen molar-refractivity contribution in [2.45, 2.75) is 33.6 Å². The minimum atomic E-state index is -3.79. The molecular formula is C12H18F2O2. The number of aliphatic carboxylic acids is 1. The summed E-state index contributed by atoms with van der Waals surface area (Å²) in [5.41, 5.74) is -0.502. The molecule has 16 heavy (non-hydrogen) atoms. The lowest BCUT2D eigenvalue weighted by Gasteiger charge is -2.09. The summed E-state index contributed by atoms with van der Waals surface area (Å²) >= 11 is 0. The van der Waals surface area contributed by atoms with Crippen molar-refractivity contribution < 1.29 is 18.7 Å². The summed E-state index contributed by atoms with van der Waals surface area (Å²) in [6.45, 7) is 8.00. The van der Waals surface area contributed by atoms with E-state index in [1.165, 1.54) is 12.1 Å². The van der Waals surface area contributed by atoms with Gasteiger partial charge in [0.05, 0.1) is 0 Å². The van der Waals surface area contributed by atoms with E-state index >= 15 is 0 Å². The van der Waals surface area contributed by atoms with Gasteiger partial charge in [0.25, 0.3) is 0 Å². The molecular weight excluding hydrogens is 214 g/mol. The molecule has 1 aromatic carbocycles. The summed E-state index contributed by atoms with van der Waals surface area (Å²) in [5.74, 6) is -5.92. The third kappa shape index (κ3) is 4.87. The van der Waals surface area contributed by atoms with Crippen molar-refractivity contribution in [2.24, 2.45) is 0 Å². The smallest absolute Gasteiger partial charge is 0.379 e. The van der Waals surface area contributed by atoms with Gasteiger partial charge < -0.3 is 5.11 Å². The molecule has 1 aromatic rings. The summed E-state index contributed by atoms with van der Waals surface area (Å²) in [5, 5.41) is 8.14. The van der Waals surface area contributed by atoms with Crippen LogP contribution in [0.4, 0.5) is 8.78 Å². The minimum absolute atomic E-state index is 0.502. The number of benzene rings is 1. The Bertz CT molecular complexity index is 284. The second-order valence-electron chi connectivity index (χ2n) is 2.25. The quantitative estimate of drug-likeness (QED) is 0.839. The van der Waals surface area contributed by atoms with Gasteiger partial charge in [-0.15, -0.1) is 0 Å². The van der Waals surface area contributed by atoms with Crippen molar-refractivity contribution in [1.82, 2.24) is 0 Å². The Balaban J connectivity index is 0. The first kappa shape index (κ1) is 17.0. The molecule has 0 spiro atoms. The summed E-state index contributed by atoms with van der Waals surface area (Å²) < 4.78 is 25.4. The van der Waals surface area contributed by atoms with E-state index in [2.05, 4.69) is 0 Å². The third-order valence-corrected chi connectivity index (χ3v) is 1.40. The molecule has 92 valence electrons. The van der Waals surface area contributed by atoms with Crippen LogP contribution in [0.2, 0.25) is 0 Å². The average Bonchev–Trinajstić information content (AvgIpc) is 2.35. The summed E-state index contributed by atoms with van der Waals surface area (Å²) in [6, 6.07) is 6.43. The van der Waals surface area contributed by atoms with E-state index in [4.69, 9.17) is 5.11 Å². The van der Waals surface area contributed by atoms with Crippen molar-refractivity contribution in [1.29, 1.82) is 0 Å². The van der Waals surface area contributed by atoms with Crippen LogP contribution in [0.25, 0.3) is 0 Å². The monoisotopic (exact) mass is 232 g/mol. The fourth-order valence-electron chi connectivity index (χ4n) is 0.771. The number of hydrogen-bond acceptors (Lipinski definition) is 1. The zero-order chi connectivity index (χ0) is 13.2. The molecule has 2 nitrogen and oxygen atoms in total. The van der Waals surface area contributed by atoms with Crippen LogP contribution < -0.4 is 0 Å². The molecule has 0 radical (unpaired) electrons. The number of carboxylic acids is 1. The minimum Gasteiger partial charge on any atom is -0.477 e. The van der Waals surface area contributed by atoms with Gasteiger partial charge in [0.2, 0.25) is 0 Å². The fourth-order valence-corrected chi connectivity index (χ4v) is 0.771. The van der Waals surface area contributed by atoms with Gasteiger partial charge in [-0.1, -0.05) is 58.0 Å². The number of hydrogen-bond donors (Lipinski definition) is 1. The highest BCUT2D eigenvalue weighted by atomic mass is 19.3. The van der Waals surface area contributed by atoms with Gasteiger partial charge in [0, 0.05) is 5.56 Å². The highest BCUT2D eigenvalue weighted by Gasteiger charge is 2.40. The van der Waals surface area contributed by atoms with Gasteiger partial charge in [-0.3, -0.25) is 0 Å². The van der Waals surface area contributed by atoms with E-state index in [1.807, 2.05) is 27.7 Å². The first-order chi connectivity index (χ1) is 7.55. The molecule has 1 N–H and O–H groups in total. The van der Waals surface area contributed by atoms with Gasteiger partial charge in [0.15, 0.2) is 0 Å². The largest absolute Gasteiger partial charge is 0.477 e. The van der Waals surface area contributed by atoms with Gasteiger partial charge in [0.1, 0.15) is 0 Å². The van der Waals surface area contributed by atoms with Crippen LogP contribution in [-0.2, 0) is 10.7 Å². The molecule has 0 bridgehead atoms. The van der Waals surface area contributed by atoms with E-state index in [9.17, 15) is 13.6 Å². The summed E-state index contributed by atoms with van der Waals surface area (Å²) in [4.78, 5) is 10.1. The number of alkyl halides is 2. The normalized spacial score (nSPS) is 9.12. The maximum Gasteiger partial charge on any atom is 0.379 e. The van der Waals surface area contributed by atoms with Gasteiger partial charge >= 0.3 is 11.9 Å². The molecule has 0 unspecified atom stereocenters. The van der Waals surface area contributed by atoms with Crippen LogP contribution in [0, 0.1) is 0 Å². The molecule has 0 aromatic heterocycles. The van der Waals surface area contributed by atoms with Gasteiger partial charge in [-0.25, -0.2) is 4.79 Å². The predicted octanol–water partition coefficient (Wildman–Crippen LogP) is 3.92. The van der Waals surface area contributed by atoms with Crippen LogP contribution in [0.1, 0.15) is 33.3 Å². The van der Waals surface area contributed by atoms with Crippen molar-refractivity contribution in [3.63, 3.8) is 0 Å². The first-order valence-electron chi connectivity index (χ1n) is 5.22. The van der Waals surface area contributed by atoms with E-state index < -0.39 is 17.5 Å². The molecule has 1 rings (SSSR count). The van der Waals surface area contributed by atoms with Crippen molar-refractivity contribution in [2.75, 3.05) is 0 Å². The summed E-state index contributed by atoms with van der Waals surface area (Å²) in [6.07, 6.45) is 0. The topological polar surface area (TPSA) is 37.3 Å². The Labute approximate surface area is 94.9 Å². The second-order valence-corrected chi connectivity index (χ2v) is 2.25. The van der Waals surface area contributed by atoms with Crippen molar-refractivity contribution in [3.05, 3.63) is 35.9 Å². The molecule has 0 aliphatic rings. The van der Waals surface area contributed by atoms with Crippen LogP contribution in [0.3, 0.4) is 0 Å². The van der Waals surface area contributed by atoms with Crippen molar-refractivity contribution in [3.8, 4) is 0 Å². The highest BCUT2D eigenvalue weighted by Crippen LogP contribution is 2.27. The molecule has 0 fully saturated rings. The molecule has 0 aliphatic heterocycles. The van der Waals surface area contributed by atoms with Crippen LogP contribution in [0.15, 0.2) is 30.3 Å². The van der Waals surface area contributed by atoms with Crippen LogP contribution in [0.5, 0.6) is 0 Å². The Hall–Kier alpha value is -1.45. The molecule has 0 atom stereocenters. The SMILES string of the molecule is CC.CC.O=C(O)C(F)(F)c1ccccc1. The molecule has 4 heteroatoms. The molecule has 0 saturated heterocycles. The lowest BCUT2D eigenvalue weighted by atomic mass is 10.1. The lowest BCUT2D eigenvalue weighted by Crippen LogP contribution is -2.24. The predicted molar refractivity (Wildman–Crippen MR) is 60.7 cm³/mol. The lowest BCUT2D eigenvalue weighted by molar-refractivity contribution is -0.166. The Morgan fingerprint density at radius 3 is 1.75 bits per heavy atom. The van der Waals surface area contributed by atoms with Crippen LogP contribution >= 0.6 is 0 Å². The zero-order valence-electron chi connectivity index (χ0n) is 10.00. The Morgan fingerprint density at radius 2 is 1.44 bits per heavy atom. The van der Waals surface area contributed by atoms with Gasteiger partial charge in [-0.05, 0) is 0 Å². The molecule has 0 amide bonds. The number of halogens is 2. The second kappa shape index (κ2) is 8.83. The fraction of sp³-hybridized carbons (Fsp3) is 0.417. The molecule has 0 heterocycles. The molecule has 0 aliphatic carbocycles. The van der Waals surface area contributed by atoms with Gasteiger partial charge in [-0.2, -0.15) is 8.78 Å². The van der Waals surface area contributed by atoms with E-state index in [0.29, 0.717) is 0 Å². The standard InChI is InChI=1S/C8H6F2O2.2C2H6/c9-8(10,7(11)12)6-4-2-1-3-5-6;2*1-2/h1-5H,(H,11,12);2*1-2H3.